The molecule has 0 spiro atoms. The van der Waals surface area contributed by atoms with E-state index in [-0.39, 0.29) is 5.78 Å². The summed E-state index contributed by atoms with van der Waals surface area (Å²) in [4.78, 5) is 13.0. The molecule has 0 aromatic heterocycles. The molecule has 0 saturated heterocycles. The van der Waals surface area contributed by atoms with Gasteiger partial charge in [-0.1, -0.05) is 80.6 Å². The Morgan fingerprint density at radius 1 is 0.692 bits per heavy atom. The molecule has 0 unspecified atom stereocenters. The Morgan fingerprint density at radius 2 is 1.31 bits per heavy atom. The van der Waals surface area contributed by atoms with Crippen molar-refractivity contribution in [3.63, 3.8) is 0 Å². The number of hydrogen-bond acceptors (Lipinski definition) is 1. The number of aryl methyl sites for hydroxylation is 4. The molecular weight excluding hydrogens is 316 g/mol. The molecule has 3 rings (SSSR count). The molecule has 1 nitrogen and oxygen atoms in total. The molecular formula is C25H26O. The lowest BCUT2D eigenvalue weighted by Gasteiger charge is -2.11. The lowest BCUT2D eigenvalue weighted by atomic mass is 9.92. The van der Waals surface area contributed by atoms with E-state index in [1.165, 1.54) is 16.7 Å². The second-order valence-electron chi connectivity index (χ2n) is 6.71. The molecule has 3 aromatic carbocycles. The van der Waals surface area contributed by atoms with Crippen LogP contribution in [0.1, 0.15) is 52.0 Å². The van der Waals surface area contributed by atoms with Gasteiger partial charge in [-0.15, -0.1) is 0 Å². The molecule has 0 radical (unpaired) electrons. The molecule has 26 heavy (non-hydrogen) atoms. The molecule has 0 N–H and O–H groups in total. The molecule has 0 amide bonds. The van der Waals surface area contributed by atoms with E-state index in [0.717, 1.165) is 42.4 Å². The molecule has 0 fully saturated rings. The maximum Gasteiger partial charge on any atom is 0.193 e. The van der Waals surface area contributed by atoms with Crippen molar-refractivity contribution >= 4 is 5.78 Å². The minimum Gasteiger partial charge on any atom is -0.289 e. The van der Waals surface area contributed by atoms with Gasteiger partial charge in [0.25, 0.3) is 0 Å². The Balaban J connectivity index is 1.85. The summed E-state index contributed by atoms with van der Waals surface area (Å²) in [5, 5.41) is 0. The number of ketones is 1. The van der Waals surface area contributed by atoms with Crippen LogP contribution in [0.3, 0.4) is 0 Å². The van der Waals surface area contributed by atoms with E-state index >= 15 is 0 Å². The van der Waals surface area contributed by atoms with Crippen molar-refractivity contribution in [2.24, 2.45) is 0 Å². The van der Waals surface area contributed by atoms with Crippen LogP contribution in [0.5, 0.6) is 0 Å². The van der Waals surface area contributed by atoms with Crippen molar-refractivity contribution in [1.82, 2.24) is 0 Å². The molecule has 1 heteroatoms. The second kappa shape index (κ2) is 8.62. The Hall–Kier alpha value is -2.67. The van der Waals surface area contributed by atoms with Crippen molar-refractivity contribution in [3.05, 3.63) is 106 Å². The van der Waals surface area contributed by atoms with Crippen molar-refractivity contribution in [2.75, 3.05) is 0 Å². The third-order valence-corrected chi connectivity index (χ3v) is 4.98. The Morgan fingerprint density at radius 3 is 1.96 bits per heavy atom. The quantitative estimate of drug-likeness (QED) is 0.494. The van der Waals surface area contributed by atoms with Crippen LogP contribution in [0.25, 0.3) is 0 Å². The largest absolute Gasteiger partial charge is 0.289 e. The maximum atomic E-state index is 13.0. The third kappa shape index (κ3) is 4.29. The Labute approximate surface area is 156 Å². The van der Waals surface area contributed by atoms with Crippen LogP contribution in [0.15, 0.2) is 72.8 Å². The van der Waals surface area contributed by atoms with Gasteiger partial charge in [-0.3, -0.25) is 4.79 Å². The monoisotopic (exact) mass is 342 g/mol. The first-order valence-electron chi connectivity index (χ1n) is 9.50. The summed E-state index contributed by atoms with van der Waals surface area (Å²) in [6.07, 6.45) is 3.83. The fraction of sp³-hybridized carbons (Fsp3) is 0.240. The molecule has 0 aliphatic rings. The molecule has 0 heterocycles. The highest BCUT2D eigenvalue weighted by Crippen LogP contribution is 2.20. The molecule has 0 saturated carbocycles. The first-order chi connectivity index (χ1) is 12.7. The van der Waals surface area contributed by atoms with Crippen LogP contribution in [0, 0.1) is 0 Å². The van der Waals surface area contributed by atoms with Gasteiger partial charge >= 0.3 is 0 Å². The minimum absolute atomic E-state index is 0.122. The highest BCUT2D eigenvalue weighted by molar-refractivity contribution is 6.10. The fourth-order valence-electron chi connectivity index (χ4n) is 3.24. The van der Waals surface area contributed by atoms with Gasteiger partial charge in [-0.05, 0) is 54.0 Å². The van der Waals surface area contributed by atoms with Gasteiger partial charge in [-0.2, -0.15) is 0 Å². The number of hydrogen-bond donors (Lipinski definition) is 0. The first-order valence-corrected chi connectivity index (χ1v) is 9.50. The summed E-state index contributed by atoms with van der Waals surface area (Å²) in [7, 11) is 0. The predicted octanol–water partition coefficient (Wildman–Crippen LogP) is 5.83. The molecule has 3 aromatic rings. The Bertz CT molecular complexity index is 860. The smallest absolute Gasteiger partial charge is 0.193 e. The molecule has 0 bridgehead atoms. The van der Waals surface area contributed by atoms with Gasteiger partial charge in [-0.25, -0.2) is 0 Å². The number of rotatable bonds is 7. The number of benzene rings is 3. The van der Waals surface area contributed by atoms with Crippen LogP contribution in [0.2, 0.25) is 0 Å². The fourth-order valence-corrected chi connectivity index (χ4v) is 3.24. The van der Waals surface area contributed by atoms with E-state index in [1.54, 1.807) is 0 Å². The van der Waals surface area contributed by atoms with Crippen LogP contribution in [-0.4, -0.2) is 5.78 Å². The summed E-state index contributed by atoms with van der Waals surface area (Å²) >= 11 is 0. The van der Waals surface area contributed by atoms with Gasteiger partial charge in [0.2, 0.25) is 0 Å². The maximum absolute atomic E-state index is 13.0. The van der Waals surface area contributed by atoms with E-state index in [1.807, 2.05) is 30.3 Å². The molecule has 132 valence electrons. The number of carbonyl (C=O) groups is 1. The molecule has 0 aliphatic carbocycles. The first kappa shape index (κ1) is 18.1. The standard InChI is InChI=1S/C25H26O/c1-3-19-10-12-21(13-11-19)15-17-22-16-14-20(4-2)18-24(22)25(26)23-8-6-5-7-9-23/h5-14,16,18H,3-4,15,17H2,1-2H3. The van der Waals surface area contributed by atoms with E-state index in [2.05, 4.69) is 56.3 Å². The SMILES string of the molecule is CCc1ccc(CCc2ccc(CC)cc2C(=O)c2ccccc2)cc1. The normalized spacial score (nSPS) is 10.7. The lowest BCUT2D eigenvalue weighted by Crippen LogP contribution is -2.07. The van der Waals surface area contributed by atoms with E-state index < -0.39 is 0 Å². The van der Waals surface area contributed by atoms with Gasteiger partial charge in [0, 0.05) is 11.1 Å². The zero-order valence-electron chi connectivity index (χ0n) is 15.7. The van der Waals surface area contributed by atoms with E-state index in [9.17, 15) is 4.79 Å². The second-order valence-corrected chi connectivity index (χ2v) is 6.71. The summed E-state index contributed by atoms with van der Waals surface area (Å²) in [6, 6.07) is 24.8. The van der Waals surface area contributed by atoms with Gasteiger partial charge in [0.1, 0.15) is 0 Å². The average Bonchev–Trinajstić information content (AvgIpc) is 2.72. The number of carbonyl (C=O) groups excluding carboxylic acids is 1. The topological polar surface area (TPSA) is 17.1 Å². The summed E-state index contributed by atoms with van der Waals surface area (Å²) in [5.74, 6) is 0.122. The molecule has 0 aliphatic heterocycles. The van der Waals surface area contributed by atoms with Crippen molar-refractivity contribution in [1.29, 1.82) is 0 Å². The Kier molecular flexibility index (Phi) is 6.01. The summed E-state index contributed by atoms with van der Waals surface area (Å²) < 4.78 is 0. The zero-order valence-corrected chi connectivity index (χ0v) is 15.7. The zero-order chi connectivity index (χ0) is 18.4. The summed E-state index contributed by atoms with van der Waals surface area (Å²) in [6.45, 7) is 4.30. The average molecular weight is 342 g/mol. The van der Waals surface area contributed by atoms with Crippen LogP contribution < -0.4 is 0 Å². The van der Waals surface area contributed by atoms with Crippen molar-refractivity contribution in [3.8, 4) is 0 Å². The van der Waals surface area contributed by atoms with Gasteiger partial charge in [0.05, 0.1) is 0 Å². The minimum atomic E-state index is 0.122. The van der Waals surface area contributed by atoms with Crippen LogP contribution >= 0.6 is 0 Å². The highest BCUT2D eigenvalue weighted by Gasteiger charge is 2.14. The van der Waals surface area contributed by atoms with Crippen molar-refractivity contribution < 1.29 is 4.79 Å². The highest BCUT2D eigenvalue weighted by atomic mass is 16.1. The summed E-state index contributed by atoms with van der Waals surface area (Å²) in [5.41, 5.74) is 6.63. The van der Waals surface area contributed by atoms with Crippen LogP contribution in [0.4, 0.5) is 0 Å². The van der Waals surface area contributed by atoms with Gasteiger partial charge < -0.3 is 0 Å². The van der Waals surface area contributed by atoms with Crippen LogP contribution in [-0.2, 0) is 25.7 Å². The van der Waals surface area contributed by atoms with Gasteiger partial charge in [0.15, 0.2) is 5.78 Å². The third-order valence-electron chi connectivity index (χ3n) is 4.98. The van der Waals surface area contributed by atoms with Crippen molar-refractivity contribution in [2.45, 2.75) is 39.5 Å². The van der Waals surface area contributed by atoms with E-state index in [0.29, 0.717) is 0 Å². The lowest BCUT2D eigenvalue weighted by molar-refractivity contribution is 0.103. The van der Waals surface area contributed by atoms with E-state index in [4.69, 9.17) is 0 Å². The molecule has 0 atom stereocenters. The predicted molar refractivity (Wildman–Crippen MR) is 109 cm³/mol.